The molecule has 0 amide bonds. The number of aliphatic carboxylic acids is 1. The molecule has 0 aliphatic heterocycles. The third-order valence-corrected chi connectivity index (χ3v) is 2.39. The number of nitrogens with zero attached hydrogens (tertiary/aromatic N) is 1. The van der Waals surface area contributed by atoms with E-state index in [-0.39, 0.29) is 11.3 Å². The normalized spacial score (nSPS) is 10.4. The summed E-state index contributed by atoms with van der Waals surface area (Å²) in [6.45, 7) is 0. The van der Waals surface area contributed by atoms with Crippen molar-refractivity contribution in [3.63, 3.8) is 0 Å². The van der Waals surface area contributed by atoms with Gasteiger partial charge in [-0.1, -0.05) is 6.07 Å². The van der Waals surface area contributed by atoms with Crippen LogP contribution in [-0.2, 0) is 11.2 Å². The van der Waals surface area contributed by atoms with Crippen LogP contribution in [0.5, 0.6) is 11.6 Å². The molecule has 4 N–H and O–H groups in total. The third-order valence-electron chi connectivity index (χ3n) is 2.39. The Morgan fingerprint density at radius 2 is 2.06 bits per heavy atom. The fraction of sp³-hybridized carbons (Fsp3) is 0.0909. The number of carbonyl (C=O) groups is 1. The molecule has 0 saturated heterocycles. The number of hydrogen-bond donors (Lipinski definition) is 4. The molecule has 2 aromatic rings. The third kappa shape index (κ3) is 2.05. The minimum absolute atomic E-state index is 0.0405. The van der Waals surface area contributed by atoms with Gasteiger partial charge in [-0.15, -0.1) is 0 Å². The lowest BCUT2D eigenvalue weighted by Crippen LogP contribution is -2.11. The molecule has 0 unspecified atom stereocenters. The molecule has 1 heterocycles. The standard InChI is InChI=1S/C11H10N2O5/c14-7-3-1-2-6(4-7)13-11(18)8(5-9(15)16)10(17)12-13/h1-4,14,18H,5H2,(H,12,17)(H,15,16). The maximum absolute atomic E-state index is 11.5. The quantitative estimate of drug-likeness (QED) is 0.621. The monoisotopic (exact) mass is 250 g/mol. The van der Waals surface area contributed by atoms with Crippen LogP contribution in [0.4, 0.5) is 0 Å². The van der Waals surface area contributed by atoms with Crippen molar-refractivity contribution in [2.45, 2.75) is 6.42 Å². The van der Waals surface area contributed by atoms with E-state index < -0.39 is 23.8 Å². The summed E-state index contributed by atoms with van der Waals surface area (Å²) in [5, 5.41) is 30.0. The van der Waals surface area contributed by atoms with Crippen molar-refractivity contribution in [2.75, 3.05) is 0 Å². The summed E-state index contributed by atoms with van der Waals surface area (Å²) in [6.07, 6.45) is -0.576. The van der Waals surface area contributed by atoms with E-state index in [0.717, 1.165) is 4.68 Å². The highest BCUT2D eigenvalue weighted by molar-refractivity contribution is 5.71. The second-order valence-corrected chi connectivity index (χ2v) is 3.67. The van der Waals surface area contributed by atoms with Gasteiger partial charge in [-0.3, -0.25) is 14.7 Å². The first-order chi connectivity index (χ1) is 8.49. The predicted octanol–water partition coefficient (Wildman–Crippen LogP) is 0.204. The van der Waals surface area contributed by atoms with Gasteiger partial charge in [0.05, 0.1) is 17.7 Å². The van der Waals surface area contributed by atoms with Gasteiger partial charge in [0.25, 0.3) is 5.56 Å². The summed E-state index contributed by atoms with van der Waals surface area (Å²) >= 11 is 0. The Kier molecular flexibility index (Phi) is 2.80. The zero-order chi connectivity index (χ0) is 13.3. The van der Waals surface area contributed by atoms with E-state index in [1.807, 2.05) is 0 Å². The lowest BCUT2D eigenvalue weighted by Gasteiger charge is -2.04. The van der Waals surface area contributed by atoms with Gasteiger partial charge in [0, 0.05) is 6.07 Å². The second kappa shape index (κ2) is 4.28. The average Bonchev–Trinajstić information content (AvgIpc) is 2.56. The van der Waals surface area contributed by atoms with Gasteiger partial charge < -0.3 is 15.3 Å². The number of aromatic nitrogens is 2. The molecule has 1 aromatic carbocycles. The number of phenolic OH excluding ortho intramolecular Hbond substituents is 1. The SMILES string of the molecule is O=C(O)Cc1c(O)n(-c2cccc(O)c2)[nH]c1=O. The summed E-state index contributed by atoms with van der Waals surface area (Å²) in [4.78, 5) is 22.1. The fourth-order valence-corrected chi connectivity index (χ4v) is 1.59. The van der Waals surface area contributed by atoms with Crippen LogP contribution in [0, 0.1) is 0 Å². The lowest BCUT2D eigenvalue weighted by atomic mass is 10.2. The molecule has 0 atom stereocenters. The van der Waals surface area contributed by atoms with Crippen molar-refractivity contribution in [3.05, 3.63) is 40.2 Å². The second-order valence-electron chi connectivity index (χ2n) is 3.67. The first kappa shape index (κ1) is 11.8. The average molecular weight is 250 g/mol. The summed E-state index contributed by atoms with van der Waals surface area (Å²) < 4.78 is 1.01. The minimum Gasteiger partial charge on any atom is -0.508 e. The number of carboxylic acids is 1. The first-order valence-corrected chi connectivity index (χ1v) is 5.03. The van der Waals surface area contributed by atoms with Crippen LogP contribution in [0.15, 0.2) is 29.1 Å². The molecule has 2 rings (SSSR count). The number of aromatic amines is 1. The molecular weight excluding hydrogens is 240 g/mol. The lowest BCUT2D eigenvalue weighted by molar-refractivity contribution is -0.136. The van der Waals surface area contributed by atoms with E-state index >= 15 is 0 Å². The first-order valence-electron chi connectivity index (χ1n) is 5.03. The van der Waals surface area contributed by atoms with E-state index in [0.29, 0.717) is 5.69 Å². The number of nitrogens with one attached hydrogen (secondary N) is 1. The van der Waals surface area contributed by atoms with Gasteiger partial charge in [-0.25, -0.2) is 4.68 Å². The fourth-order valence-electron chi connectivity index (χ4n) is 1.59. The van der Waals surface area contributed by atoms with E-state index in [1.54, 1.807) is 6.07 Å². The van der Waals surface area contributed by atoms with Crippen LogP contribution in [0.1, 0.15) is 5.56 Å². The van der Waals surface area contributed by atoms with E-state index in [2.05, 4.69) is 5.10 Å². The van der Waals surface area contributed by atoms with Gasteiger partial charge >= 0.3 is 5.97 Å². The number of rotatable bonds is 3. The molecular formula is C11H10N2O5. The molecule has 18 heavy (non-hydrogen) atoms. The van der Waals surface area contributed by atoms with E-state index in [1.165, 1.54) is 18.2 Å². The zero-order valence-corrected chi connectivity index (χ0v) is 9.12. The van der Waals surface area contributed by atoms with Crippen molar-refractivity contribution < 1.29 is 20.1 Å². The molecule has 1 aromatic heterocycles. The Labute approximate surface area is 101 Å². The van der Waals surface area contributed by atoms with Crippen LogP contribution in [0.25, 0.3) is 5.69 Å². The van der Waals surface area contributed by atoms with Crippen LogP contribution >= 0.6 is 0 Å². The summed E-state index contributed by atoms with van der Waals surface area (Å²) in [6, 6.07) is 5.82. The Morgan fingerprint density at radius 3 is 2.67 bits per heavy atom. The Morgan fingerprint density at radius 1 is 1.33 bits per heavy atom. The van der Waals surface area contributed by atoms with Crippen molar-refractivity contribution in [3.8, 4) is 17.3 Å². The molecule has 0 spiro atoms. The number of carboxylic acid groups (broad SMARTS) is 1. The van der Waals surface area contributed by atoms with Crippen LogP contribution in [-0.4, -0.2) is 31.1 Å². The van der Waals surface area contributed by atoms with Gasteiger partial charge in [-0.2, -0.15) is 0 Å². The number of phenols is 1. The number of H-pyrrole nitrogens is 1. The van der Waals surface area contributed by atoms with Gasteiger partial charge in [0.2, 0.25) is 5.88 Å². The van der Waals surface area contributed by atoms with Crippen molar-refractivity contribution in [2.24, 2.45) is 0 Å². The van der Waals surface area contributed by atoms with Crippen molar-refractivity contribution in [1.29, 1.82) is 0 Å². The Bertz CT molecular complexity index is 656. The largest absolute Gasteiger partial charge is 0.508 e. The molecule has 0 aliphatic rings. The van der Waals surface area contributed by atoms with Gasteiger partial charge in [0.15, 0.2) is 0 Å². The Hall–Kier alpha value is -2.70. The minimum atomic E-state index is -1.22. The Balaban J connectivity index is 2.54. The highest BCUT2D eigenvalue weighted by Crippen LogP contribution is 2.21. The number of aromatic hydroxyl groups is 2. The maximum Gasteiger partial charge on any atom is 0.308 e. The summed E-state index contributed by atoms with van der Waals surface area (Å²) in [5.41, 5.74) is -0.592. The summed E-state index contributed by atoms with van der Waals surface area (Å²) in [7, 11) is 0. The topological polar surface area (TPSA) is 116 Å². The number of hydrogen-bond acceptors (Lipinski definition) is 4. The van der Waals surface area contributed by atoms with Crippen LogP contribution in [0.2, 0.25) is 0 Å². The van der Waals surface area contributed by atoms with E-state index in [9.17, 15) is 19.8 Å². The highest BCUT2D eigenvalue weighted by atomic mass is 16.4. The molecule has 7 nitrogen and oxygen atoms in total. The molecule has 0 radical (unpaired) electrons. The summed E-state index contributed by atoms with van der Waals surface area (Å²) in [5.74, 6) is -1.74. The van der Waals surface area contributed by atoms with Crippen LogP contribution in [0.3, 0.4) is 0 Å². The predicted molar refractivity (Wildman–Crippen MR) is 61.1 cm³/mol. The molecule has 7 heteroatoms. The molecule has 94 valence electrons. The molecule has 0 bridgehead atoms. The zero-order valence-electron chi connectivity index (χ0n) is 9.12. The van der Waals surface area contributed by atoms with Crippen molar-refractivity contribution >= 4 is 5.97 Å². The molecule has 0 saturated carbocycles. The maximum atomic E-state index is 11.5. The number of benzene rings is 1. The van der Waals surface area contributed by atoms with Gasteiger partial charge in [-0.05, 0) is 12.1 Å². The van der Waals surface area contributed by atoms with Gasteiger partial charge in [0.1, 0.15) is 5.75 Å². The molecule has 0 fully saturated rings. The van der Waals surface area contributed by atoms with Crippen LogP contribution < -0.4 is 5.56 Å². The molecule has 0 aliphatic carbocycles. The van der Waals surface area contributed by atoms with E-state index in [4.69, 9.17) is 5.11 Å². The smallest absolute Gasteiger partial charge is 0.308 e. The highest BCUT2D eigenvalue weighted by Gasteiger charge is 2.17. The van der Waals surface area contributed by atoms with Crippen molar-refractivity contribution in [1.82, 2.24) is 9.78 Å².